The van der Waals surface area contributed by atoms with E-state index in [-0.39, 0.29) is 10.7 Å². The Kier molecular flexibility index (Phi) is 5.92. The summed E-state index contributed by atoms with van der Waals surface area (Å²) in [4.78, 5) is 12.0. The van der Waals surface area contributed by atoms with E-state index in [0.29, 0.717) is 18.2 Å². The van der Waals surface area contributed by atoms with Crippen molar-refractivity contribution in [3.63, 3.8) is 0 Å². The van der Waals surface area contributed by atoms with Crippen LogP contribution in [0.5, 0.6) is 5.88 Å². The first-order chi connectivity index (χ1) is 14.1. The zero-order chi connectivity index (χ0) is 22.1. The Bertz CT molecular complexity index is 1080. The number of carbonyl (C=O) groups is 1. The van der Waals surface area contributed by atoms with Gasteiger partial charge < -0.3 is 10.1 Å². The lowest BCUT2D eigenvalue weighted by molar-refractivity contribution is -0.141. The third kappa shape index (κ3) is 4.67. The second kappa shape index (κ2) is 8.27. The molecule has 0 aliphatic heterocycles. The monoisotopic (exact) mass is 449 g/mol. The van der Waals surface area contributed by atoms with Crippen molar-refractivity contribution in [2.24, 2.45) is 0 Å². The summed E-state index contributed by atoms with van der Waals surface area (Å²) in [6.45, 7) is -0.927. The van der Waals surface area contributed by atoms with Crippen molar-refractivity contribution in [1.82, 2.24) is 9.78 Å². The molecule has 158 valence electrons. The van der Waals surface area contributed by atoms with Gasteiger partial charge in [-0.15, -0.1) is 0 Å². The number of para-hydroxylation sites is 1. The highest BCUT2D eigenvalue weighted by Crippen LogP contribution is 2.33. The van der Waals surface area contributed by atoms with E-state index in [4.69, 9.17) is 16.3 Å². The third-order valence-electron chi connectivity index (χ3n) is 3.67. The Hall–Kier alpha value is -3.21. The summed E-state index contributed by atoms with van der Waals surface area (Å²) in [5, 5.41) is 5.28. The lowest BCUT2D eigenvalue weighted by atomic mass is 10.2. The number of hydrogen-bond donors (Lipinski definition) is 1. The molecule has 1 aromatic heterocycles. The highest BCUT2D eigenvalue weighted by Gasteiger charge is 2.36. The summed E-state index contributed by atoms with van der Waals surface area (Å²) >= 11 is 5.98. The van der Waals surface area contributed by atoms with Crippen LogP contribution < -0.4 is 10.1 Å². The number of nitrogens with one attached hydrogen (secondary N) is 1. The van der Waals surface area contributed by atoms with Gasteiger partial charge in [0.05, 0.1) is 10.7 Å². The Morgan fingerprint density at radius 1 is 1.10 bits per heavy atom. The number of nitrogens with zero attached hydrogens (tertiary/aromatic N) is 2. The van der Waals surface area contributed by atoms with Gasteiger partial charge in [-0.05, 0) is 12.1 Å². The van der Waals surface area contributed by atoms with Gasteiger partial charge in [0.15, 0.2) is 23.9 Å². The van der Waals surface area contributed by atoms with Crippen molar-refractivity contribution in [1.29, 1.82) is 0 Å². The average Bonchev–Trinajstić information content (AvgIpc) is 3.08. The van der Waals surface area contributed by atoms with Crippen LogP contribution in [-0.4, -0.2) is 22.3 Å². The predicted molar refractivity (Wildman–Crippen MR) is 94.0 cm³/mol. The minimum Gasteiger partial charge on any atom is -0.467 e. The lowest BCUT2D eigenvalue weighted by Crippen LogP contribution is -2.22. The van der Waals surface area contributed by atoms with Gasteiger partial charge in [0.25, 0.3) is 5.91 Å². The van der Waals surface area contributed by atoms with Gasteiger partial charge in [0, 0.05) is 18.2 Å². The molecule has 0 spiro atoms. The van der Waals surface area contributed by atoms with Gasteiger partial charge in [-0.25, -0.2) is 13.2 Å². The first kappa shape index (κ1) is 21.5. The summed E-state index contributed by atoms with van der Waals surface area (Å²) in [6, 6.07) is 7.04. The second-order valence-corrected chi connectivity index (χ2v) is 6.22. The van der Waals surface area contributed by atoms with Crippen molar-refractivity contribution in [2.75, 3.05) is 11.9 Å². The van der Waals surface area contributed by atoms with Crippen LogP contribution in [0.3, 0.4) is 0 Å². The molecule has 0 aliphatic rings. The van der Waals surface area contributed by atoms with Crippen molar-refractivity contribution < 1.29 is 35.9 Å². The largest absolute Gasteiger partial charge is 0.467 e. The van der Waals surface area contributed by atoms with Gasteiger partial charge in [0.1, 0.15) is 11.5 Å². The van der Waals surface area contributed by atoms with E-state index in [1.165, 1.54) is 18.2 Å². The lowest BCUT2D eigenvalue weighted by Gasteiger charge is -2.11. The maximum absolute atomic E-state index is 13.6. The van der Waals surface area contributed by atoms with Crippen LogP contribution in [0.2, 0.25) is 5.02 Å². The number of carbonyl (C=O) groups excluding carboxylic acids is 1. The smallest absolute Gasteiger partial charge is 0.435 e. The first-order valence-electron chi connectivity index (χ1n) is 8.05. The molecule has 3 rings (SSSR count). The van der Waals surface area contributed by atoms with E-state index in [2.05, 4.69) is 5.10 Å². The maximum Gasteiger partial charge on any atom is 0.435 e. The molecule has 2 aromatic carbocycles. The summed E-state index contributed by atoms with van der Waals surface area (Å²) < 4.78 is 85.1. The summed E-state index contributed by atoms with van der Waals surface area (Å²) in [5.74, 6) is -5.55. The fraction of sp³-hybridized carbons (Fsp3) is 0.111. The topological polar surface area (TPSA) is 56.1 Å². The van der Waals surface area contributed by atoms with E-state index >= 15 is 0 Å². The molecule has 0 radical (unpaired) electrons. The van der Waals surface area contributed by atoms with E-state index in [0.717, 1.165) is 4.68 Å². The quantitative estimate of drug-likeness (QED) is 0.559. The van der Waals surface area contributed by atoms with Crippen LogP contribution in [0.25, 0.3) is 5.69 Å². The zero-order valence-corrected chi connectivity index (χ0v) is 15.4. The van der Waals surface area contributed by atoms with Crippen molar-refractivity contribution >= 4 is 23.2 Å². The molecule has 12 heteroatoms. The second-order valence-electron chi connectivity index (χ2n) is 5.81. The number of rotatable bonds is 5. The zero-order valence-electron chi connectivity index (χ0n) is 14.6. The molecule has 3 aromatic rings. The number of ether oxygens (including phenoxy) is 1. The third-order valence-corrected chi connectivity index (χ3v) is 3.99. The van der Waals surface area contributed by atoms with E-state index < -0.39 is 53.4 Å². The highest BCUT2D eigenvalue weighted by atomic mass is 35.5. The molecule has 5 nitrogen and oxygen atoms in total. The van der Waals surface area contributed by atoms with E-state index in [9.17, 15) is 31.1 Å². The number of aromatic nitrogens is 2. The highest BCUT2D eigenvalue weighted by molar-refractivity contribution is 6.32. The molecule has 30 heavy (non-hydrogen) atoms. The van der Waals surface area contributed by atoms with Gasteiger partial charge >= 0.3 is 6.18 Å². The van der Waals surface area contributed by atoms with E-state index in [1.54, 1.807) is 6.07 Å². The Morgan fingerprint density at radius 3 is 2.33 bits per heavy atom. The molecule has 0 saturated heterocycles. The van der Waals surface area contributed by atoms with Crippen LogP contribution in [0.15, 0.2) is 42.5 Å². The van der Waals surface area contributed by atoms with Crippen LogP contribution in [0.1, 0.15) is 5.69 Å². The molecule has 0 unspecified atom stereocenters. The molecular formula is C18H10ClF6N3O2. The van der Waals surface area contributed by atoms with Gasteiger partial charge in [0.2, 0.25) is 5.88 Å². The fourth-order valence-electron chi connectivity index (χ4n) is 2.38. The molecular weight excluding hydrogens is 440 g/mol. The number of anilines is 1. The van der Waals surface area contributed by atoms with Crippen LogP contribution in [0, 0.1) is 17.5 Å². The maximum atomic E-state index is 13.6. The number of alkyl halides is 3. The summed E-state index contributed by atoms with van der Waals surface area (Å²) in [6.07, 6.45) is -4.81. The standard InChI is InChI=1S/C18H10ClF6N3O2/c19-10-3-1-2-4-13(10)28-16(7-14(27-28)18(23,24)25)30-8-15(29)26-17-11(21)5-9(20)6-12(17)22/h1-7H,8H2,(H,26,29). The average molecular weight is 450 g/mol. The van der Waals surface area contributed by atoms with Crippen molar-refractivity contribution in [3.8, 4) is 11.6 Å². The molecule has 0 bridgehead atoms. The Labute approximate surface area is 169 Å². The molecule has 1 heterocycles. The Morgan fingerprint density at radius 2 is 1.73 bits per heavy atom. The van der Waals surface area contributed by atoms with E-state index in [1.807, 2.05) is 5.32 Å². The van der Waals surface area contributed by atoms with Crippen LogP contribution >= 0.6 is 11.6 Å². The molecule has 1 N–H and O–H groups in total. The summed E-state index contributed by atoms with van der Waals surface area (Å²) in [7, 11) is 0. The normalized spacial score (nSPS) is 11.4. The molecule has 0 aliphatic carbocycles. The predicted octanol–water partition coefficient (Wildman–Crippen LogP) is 4.98. The Balaban J connectivity index is 1.83. The molecule has 1 amide bonds. The van der Waals surface area contributed by atoms with Gasteiger partial charge in [-0.1, -0.05) is 23.7 Å². The summed E-state index contributed by atoms with van der Waals surface area (Å²) in [5.41, 5.74) is -2.20. The SMILES string of the molecule is O=C(COc1cc(C(F)(F)F)nn1-c1ccccc1Cl)Nc1c(F)cc(F)cc1F. The van der Waals surface area contributed by atoms with Crippen molar-refractivity contribution in [2.45, 2.75) is 6.18 Å². The van der Waals surface area contributed by atoms with Crippen molar-refractivity contribution in [3.05, 3.63) is 70.6 Å². The molecule has 0 atom stereocenters. The van der Waals surface area contributed by atoms with Gasteiger partial charge in [-0.2, -0.15) is 23.0 Å². The number of hydrogen-bond acceptors (Lipinski definition) is 3. The number of amides is 1. The van der Waals surface area contributed by atoms with Crippen LogP contribution in [0.4, 0.5) is 32.0 Å². The first-order valence-corrected chi connectivity index (χ1v) is 8.43. The number of benzene rings is 2. The number of halogens is 7. The molecule has 0 saturated carbocycles. The van der Waals surface area contributed by atoms with Gasteiger partial charge in [-0.3, -0.25) is 4.79 Å². The minimum absolute atomic E-state index is 0.0423. The van der Waals surface area contributed by atoms with Crippen LogP contribution in [-0.2, 0) is 11.0 Å². The minimum atomic E-state index is -4.81. The molecule has 0 fully saturated rings. The fourth-order valence-corrected chi connectivity index (χ4v) is 2.59.